The number of carbonyl (C=O) groups excluding carboxylic acids is 2. The zero-order valence-corrected chi connectivity index (χ0v) is 22.0. The van der Waals surface area contributed by atoms with Crippen LogP contribution in [0.1, 0.15) is 46.2 Å². The molecule has 1 fully saturated rings. The largest absolute Gasteiger partial charge is 0.343 e. The summed E-state index contributed by atoms with van der Waals surface area (Å²) >= 11 is 7.47. The van der Waals surface area contributed by atoms with Gasteiger partial charge in [0.1, 0.15) is 5.69 Å². The molecule has 188 valence electrons. The van der Waals surface area contributed by atoms with Gasteiger partial charge < -0.3 is 10.2 Å². The fraction of sp³-hybridized carbons (Fsp3) is 0.233. The topological polar surface area (TPSA) is 62.3 Å². The van der Waals surface area contributed by atoms with Gasteiger partial charge in [0.25, 0.3) is 5.91 Å². The Morgan fingerprint density at radius 3 is 2.41 bits per heavy atom. The number of carbonyl (C=O) groups is 2. The average molecular weight is 530 g/mol. The smallest absolute Gasteiger partial charge is 0.275 e. The Balaban J connectivity index is 1.15. The number of nitrogens with one attached hydrogen (secondary N) is 1. The summed E-state index contributed by atoms with van der Waals surface area (Å²) < 4.78 is 0. The molecule has 1 aliphatic rings. The van der Waals surface area contributed by atoms with Gasteiger partial charge in [0.05, 0.1) is 5.01 Å². The first-order chi connectivity index (χ1) is 18.1. The summed E-state index contributed by atoms with van der Waals surface area (Å²) in [5.74, 6) is 0.244. The van der Waals surface area contributed by atoms with Crippen molar-refractivity contribution >= 4 is 40.4 Å². The van der Waals surface area contributed by atoms with Gasteiger partial charge in [-0.3, -0.25) is 9.59 Å². The molecule has 1 saturated heterocycles. The van der Waals surface area contributed by atoms with Crippen LogP contribution in [0.3, 0.4) is 0 Å². The van der Waals surface area contributed by atoms with Crippen LogP contribution < -0.4 is 5.32 Å². The zero-order chi connectivity index (χ0) is 25.6. The standard InChI is InChI=1S/C30H28ClN3O2S/c31-24-13-10-21(11-14-24)12-15-28(35)34-18-16-23(17-19-34)30-33-27(20-37-30)29(36)32-26-9-5-4-8-25(26)22-6-2-1-3-7-22/h1-11,13-14,20,23H,12,15-19H2,(H,32,36). The Hall–Kier alpha value is -3.48. The summed E-state index contributed by atoms with van der Waals surface area (Å²) in [6, 6.07) is 25.5. The number of hydrogen-bond donors (Lipinski definition) is 1. The second-order valence-corrected chi connectivity index (χ2v) is 10.5. The minimum atomic E-state index is -0.208. The van der Waals surface area contributed by atoms with E-state index in [0.29, 0.717) is 23.6 Å². The predicted molar refractivity (Wildman–Crippen MR) is 150 cm³/mol. The van der Waals surface area contributed by atoms with E-state index in [1.807, 2.05) is 89.1 Å². The van der Waals surface area contributed by atoms with Crippen LogP contribution in [0.2, 0.25) is 5.02 Å². The summed E-state index contributed by atoms with van der Waals surface area (Å²) in [5.41, 5.74) is 4.34. The second kappa shape index (κ2) is 11.7. The van der Waals surface area contributed by atoms with Gasteiger partial charge in [-0.2, -0.15) is 0 Å². The molecule has 0 unspecified atom stereocenters. The van der Waals surface area contributed by atoms with Crippen LogP contribution >= 0.6 is 22.9 Å². The molecular formula is C30H28ClN3O2S. The molecule has 4 aromatic rings. The average Bonchev–Trinajstić information content (AvgIpc) is 3.44. The van der Waals surface area contributed by atoms with Crippen molar-refractivity contribution in [2.45, 2.75) is 31.6 Å². The molecule has 0 radical (unpaired) electrons. The molecule has 37 heavy (non-hydrogen) atoms. The number of likely N-dealkylation sites (tertiary alicyclic amines) is 1. The molecule has 5 rings (SSSR count). The summed E-state index contributed by atoms with van der Waals surface area (Å²) in [7, 11) is 0. The van der Waals surface area contributed by atoms with Gasteiger partial charge in [-0.05, 0) is 48.6 Å². The van der Waals surface area contributed by atoms with Crippen molar-refractivity contribution in [3.05, 3.63) is 106 Å². The van der Waals surface area contributed by atoms with Crippen LogP contribution in [0, 0.1) is 0 Å². The minimum Gasteiger partial charge on any atom is -0.343 e. The molecule has 0 atom stereocenters. The number of piperidine rings is 1. The number of thiazole rings is 1. The molecule has 0 bridgehead atoms. The van der Waals surface area contributed by atoms with E-state index >= 15 is 0 Å². The van der Waals surface area contributed by atoms with E-state index in [1.54, 1.807) is 0 Å². The zero-order valence-electron chi connectivity index (χ0n) is 20.4. The number of para-hydroxylation sites is 1. The molecule has 1 aromatic heterocycles. The molecule has 0 saturated carbocycles. The second-order valence-electron chi connectivity index (χ2n) is 9.22. The highest BCUT2D eigenvalue weighted by Crippen LogP contribution is 2.32. The van der Waals surface area contributed by atoms with Crippen LogP contribution in [-0.2, 0) is 11.2 Å². The molecule has 1 N–H and O–H groups in total. The van der Waals surface area contributed by atoms with Gasteiger partial charge in [0.2, 0.25) is 5.91 Å². The van der Waals surface area contributed by atoms with Crippen molar-refractivity contribution in [1.29, 1.82) is 0 Å². The third-order valence-electron chi connectivity index (χ3n) is 6.75. The van der Waals surface area contributed by atoms with E-state index in [0.717, 1.165) is 53.3 Å². The highest BCUT2D eigenvalue weighted by molar-refractivity contribution is 7.10. The number of amides is 2. The Morgan fingerprint density at radius 1 is 0.946 bits per heavy atom. The molecular weight excluding hydrogens is 502 g/mol. The van der Waals surface area contributed by atoms with Gasteiger partial charge in [0, 0.05) is 47.1 Å². The lowest BCUT2D eigenvalue weighted by atomic mass is 9.97. The Bertz CT molecular complexity index is 1360. The third-order valence-corrected chi connectivity index (χ3v) is 8.01. The Kier molecular flexibility index (Phi) is 7.97. The van der Waals surface area contributed by atoms with Gasteiger partial charge in [0.15, 0.2) is 0 Å². The van der Waals surface area contributed by atoms with Gasteiger partial charge in [-0.15, -0.1) is 11.3 Å². The van der Waals surface area contributed by atoms with E-state index < -0.39 is 0 Å². The summed E-state index contributed by atoms with van der Waals surface area (Å²) in [6.07, 6.45) is 2.93. The first-order valence-corrected chi connectivity index (χ1v) is 13.8. The molecule has 3 aromatic carbocycles. The van der Waals surface area contributed by atoms with E-state index in [4.69, 9.17) is 11.6 Å². The van der Waals surface area contributed by atoms with E-state index in [1.165, 1.54) is 11.3 Å². The summed E-state index contributed by atoms with van der Waals surface area (Å²) in [6.45, 7) is 1.44. The molecule has 0 spiro atoms. The number of rotatable bonds is 7. The van der Waals surface area contributed by atoms with Crippen molar-refractivity contribution < 1.29 is 9.59 Å². The van der Waals surface area contributed by atoms with Gasteiger partial charge >= 0.3 is 0 Å². The molecule has 1 aliphatic heterocycles. The van der Waals surface area contributed by atoms with Crippen molar-refractivity contribution in [3.8, 4) is 11.1 Å². The van der Waals surface area contributed by atoms with E-state index in [9.17, 15) is 9.59 Å². The van der Waals surface area contributed by atoms with Crippen LogP contribution in [0.25, 0.3) is 11.1 Å². The lowest BCUT2D eigenvalue weighted by Crippen LogP contribution is -2.38. The maximum absolute atomic E-state index is 13.0. The molecule has 2 amide bonds. The number of halogens is 1. The number of anilines is 1. The first kappa shape index (κ1) is 25.2. The number of aromatic nitrogens is 1. The van der Waals surface area contributed by atoms with Crippen molar-refractivity contribution in [2.24, 2.45) is 0 Å². The van der Waals surface area contributed by atoms with Crippen molar-refractivity contribution in [1.82, 2.24) is 9.88 Å². The quantitative estimate of drug-likeness (QED) is 0.279. The fourth-order valence-electron chi connectivity index (χ4n) is 4.66. The van der Waals surface area contributed by atoms with Crippen LogP contribution in [0.5, 0.6) is 0 Å². The normalized spacial score (nSPS) is 13.9. The number of hydrogen-bond acceptors (Lipinski definition) is 4. The van der Waals surface area contributed by atoms with Crippen LogP contribution in [0.15, 0.2) is 84.2 Å². The van der Waals surface area contributed by atoms with Crippen LogP contribution in [0.4, 0.5) is 5.69 Å². The number of benzene rings is 3. The third kappa shape index (κ3) is 6.27. The molecule has 5 nitrogen and oxygen atoms in total. The summed E-state index contributed by atoms with van der Waals surface area (Å²) in [5, 5.41) is 6.54. The molecule has 7 heteroatoms. The lowest BCUT2D eigenvalue weighted by Gasteiger charge is -2.31. The molecule has 2 heterocycles. The maximum atomic E-state index is 13.0. The van der Waals surface area contributed by atoms with Gasteiger partial charge in [-0.25, -0.2) is 4.98 Å². The number of aryl methyl sites for hydroxylation is 1. The van der Waals surface area contributed by atoms with Crippen LogP contribution in [-0.4, -0.2) is 34.8 Å². The van der Waals surface area contributed by atoms with Crippen molar-refractivity contribution in [2.75, 3.05) is 18.4 Å². The van der Waals surface area contributed by atoms with Gasteiger partial charge in [-0.1, -0.05) is 72.3 Å². The fourth-order valence-corrected chi connectivity index (χ4v) is 5.76. The lowest BCUT2D eigenvalue weighted by molar-refractivity contribution is -0.132. The Labute approximate surface area is 226 Å². The summed E-state index contributed by atoms with van der Waals surface area (Å²) in [4.78, 5) is 32.4. The SMILES string of the molecule is O=C(Nc1ccccc1-c1ccccc1)c1csc(C2CCN(C(=O)CCc3ccc(Cl)cc3)CC2)n1. The molecule has 0 aliphatic carbocycles. The van der Waals surface area contributed by atoms with E-state index in [-0.39, 0.29) is 17.7 Å². The number of nitrogens with zero attached hydrogens (tertiary/aromatic N) is 2. The van der Waals surface area contributed by atoms with E-state index in [2.05, 4.69) is 10.3 Å². The first-order valence-electron chi connectivity index (χ1n) is 12.5. The maximum Gasteiger partial charge on any atom is 0.275 e. The monoisotopic (exact) mass is 529 g/mol. The highest BCUT2D eigenvalue weighted by Gasteiger charge is 2.26. The Morgan fingerprint density at radius 2 is 1.65 bits per heavy atom. The predicted octanol–water partition coefficient (Wildman–Crippen LogP) is 7.05. The van der Waals surface area contributed by atoms with Crippen molar-refractivity contribution in [3.63, 3.8) is 0 Å². The highest BCUT2D eigenvalue weighted by atomic mass is 35.5. The minimum absolute atomic E-state index is 0.185.